The van der Waals surface area contributed by atoms with E-state index in [0.29, 0.717) is 6.42 Å². The van der Waals surface area contributed by atoms with E-state index >= 15 is 0 Å². The zero-order valence-electron chi connectivity index (χ0n) is 8.79. The van der Waals surface area contributed by atoms with Gasteiger partial charge in [-0.05, 0) is 37.0 Å². The van der Waals surface area contributed by atoms with E-state index in [9.17, 15) is 4.79 Å². The molecule has 1 aromatic rings. The minimum Gasteiger partial charge on any atom is -0.324 e. The van der Waals surface area contributed by atoms with E-state index < -0.39 is 5.92 Å². The van der Waals surface area contributed by atoms with Crippen LogP contribution in [-0.2, 0) is 11.2 Å². The number of hydrogen-bond acceptors (Lipinski definition) is 2. The number of carbonyl (C=O) groups is 1. The summed E-state index contributed by atoms with van der Waals surface area (Å²) in [5.74, 6) is -0.724. The van der Waals surface area contributed by atoms with E-state index in [0.717, 1.165) is 22.4 Å². The van der Waals surface area contributed by atoms with Crippen molar-refractivity contribution in [2.45, 2.75) is 20.3 Å². The first-order chi connectivity index (χ1) is 7.13. The second-order valence-corrected chi connectivity index (χ2v) is 3.92. The number of nitriles is 1. The number of anilines is 1. The minimum absolute atomic E-state index is 0.182. The second kappa shape index (κ2) is 3.39. The van der Waals surface area contributed by atoms with Gasteiger partial charge in [0, 0.05) is 5.69 Å². The quantitative estimate of drug-likeness (QED) is 0.695. The standard InChI is InChI=1S/C12H12N2O/c1-7-3-4-9-5-10(6-13)12(15)14-11(9)8(7)2/h3-4,10H,5H2,1-2H3,(H,14,15). The number of carbonyl (C=O) groups excluding carboxylic acids is 1. The van der Waals surface area contributed by atoms with Gasteiger partial charge < -0.3 is 5.32 Å². The molecule has 3 heteroatoms. The first-order valence-corrected chi connectivity index (χ1v) is 4.93. The van der Waals surface area contributed by atoms with Gasteiger partial charge in [-0.1, -0.05) is 12.1 Å². The van der Waals surface area contributed by atoms with Gasteiger partial charge in [0.15, 0.2) is 0 Å². The molecule has 15 heavy (non-hydrogen) atoms. The van der Waals surface area contributed by atoms with Crippen LogP contribution in [-0.4, -0.2) is 5.91 Å². The Balaban J connectivity index is 2.50. The predicted octanol–water partition coefficient (Wildman–Crippen LogP) is 1.94. The lowest BCUT2D eigenvalue weighted by atomic mass is 9.91. The monoisotopic (exact) mass is 200 g/mol. The zero-order valence-corrected chi connectivity index (χ0v) is 8.79. The van der Waals surface area contributed by atoms with Crippen molar-refractivity contribution >= 4 is 11.6 Å². The Morgan fingerprint density at radius 2 is 2.20 bits per heavy atom. The summed E-state index contributed by atoms with van der Waals surface area (Å²) >= 11 is 0. The maximum atomic E-state index is 11.5. The van der Waals surface area contributed by atoms with E-state index in [4.69, 9.17) is 5.26 Å². The molecule has 0 spiro atoms. The van der Waals surface area contributed by atoms with Crippen molar-refractivity contribution in [1.29, 1.82) is 5.26 Å². The molecule has 0 saturated carbocycles. The molecule has 0 aliphatic carbocycles. The maximum absolute atomic E-state index is 11.5. The first kappa shape index (κ1) is 9.72. The lowest BCUT2D eigenvalue weighted by Gasteiger charge is -2.23. The van der Waals surface area contributed by atoms with Crippen molar-refractivity contribution in [3.8, 4) is 6.07 Å². The highest BCUT2D eigenvalue weighted by atomic mass is 16.1. The van der Waals surface area contributed by atoms with Crippen LogP contribution in [0.2, 0.25) is 0 Å². The van der Waals surface area contributed by atoms with E-state index in [1.807, 2.05) is 32.0 Å². The highest BCUT2D eigenvalue weighted by Gasteiger charge is 2.26. The van der Waals surface area contributed by atoms with Gasteiger partial charge in [0.2, 0.25) is 5.91 Å². The van der Waals surface area contributed by atoms with Crippen LogP contribution in [0.25, 0.3) is 0 Å². The van der Waals surface area contributed by atoms with Crippen LogP contribution < -0.4 is 5.32 Å². The smallest absolute Gasteiger partial charge is 0.242 e. The number of amides is 1. The molecule has 0 saturated heterocycles. The van der Waals surface area contributed by atoms with Crippen LogP contribution in [0.5, 0.6) is 0 Å². The topological polar surface area (TPSA) is 52.9 Å². The molecule has 3 nitrogen and oxygen atoms in total. The molecule has 1 N–H and O–H groups in total. The lowest BCUT2D eigenvalue weighted by molar-refractivity contribution is -0.118. The Morgan fingerprint density at radius 1 is 1.47 bits per heavy atom. The summed E-state index contributed by atoms with van der Waals surface area (Å²) in [5, 5.41) is 11.6. The summed E-state index contributed by atoms with van der Waals surface area (Å²) in [5.41, 5.74) is 4.21. The van der Waals surface area contributed by atoms with Crippen molar-refractivity contribution in [2.24, 2.45) is 5.92 Å². The summed E-state index contributed by atoms with van der Waals surface area (Å²) in [6.45, 7) is 4.00. The Morgan fingerprint density at radius 3 is 2.87 bits per heavy atom. The summed E-state index contributed by atoms with van der Waals surface area (Å²) in [7, 11) is 0. The molecule has 1 aliphatic heterocycles. The normalized spacial score (nSPS) is 19.0. The third kappa shape index (κ3) is 1.48. The second-order valence-electron chi connectivity index (χ2n) is 3.92. The first-order valence-electron chi connectivity index (χ1n) is 4.93. The zero-order chi connectivity index (χ0) is 11.0. The summed E-state index contributed by atoms with van der Waals surface area (Å²) in [6.07, 6.45) is 0.527. The van der Waals surface area contributed by atoms with Crippen molar-refractivity contribution in [2.75, 3.05) is 5.32 Å². The van der Waals surface area contributed by atoms with Gasteiger partial charge in [-0.2, -0.15) is 5.26 Å². The highest BCUT2D eigenvalue weighted by Crippen LogP contribution is 2.30. The van der Waals surface area contributed by atoms with Crippen molar-refractivity contribution < 1.29 is 4.79 Å². The molecule has 1 aliphatic rings. The molecule has 0 radical (unpaired) electrons. The molecule has 1 atom stereocenters. The van der Waals surface area contributed by atoms with Crippen molar-refractivity contribution in [3.05, 3.63) is 28.8 Å². The van der Waals surface area contributed by atoms with Crippen LogP contribution >= 0.6 is 0 Å². The third-order valence-electron chi connectivity index (χ3n) is 2.97. The third-order valence-corrected chi connectivity index (χ3v) is 2.97. The average molecular weight is 200 g/mol. The number of hydrogen-bond donors (Lipinski definition) is 1. The van der Waals surface area contributed by atoms with Crippen LogP contribution in [0.4, 0.5) is 5.69 Å². The number of nitrogens with one attached hydrogen (secondary N) is 1. The molecular formula is C12H12N2O. The minimum atomic E-state index is -0.542. The maximum Gasteiger partial charge on any atom is 0.242 e. The van der Waals surface area contributed by atoms with Crippen LogP contribution in [0.15, 0.2) is 12.1 Å². The number of nitrogens with zero attached hydrogens (tertiary/aromatic N) is 1. The molecule has 0 bridgehead atoms. The number of fused-ring (bicyclic) bond motifs is 1. The largest absolute Gasteiger partial charge is 0.324 e. The molecule has 1 aromatic carbocycles. The van der Waals surface area contributed by atoms with Gasteiger partial charge >= 0.3 is 0 Å². The average Bonchev–Trinajstić information content (AvgIpc) is 2.24. The fourth-order valence-corrected chi connectivity index (χ4v) is 1.84. The summed E-state index contributed by atoms with van der Waals surface area (Å²) in [4.78, 5) is 11.5. The van der Waals surface area contributed by atoms with Gasteiger partial charge in [-0.15, -0.1) is 0 Å². The SMILES string of the molecule is Cc1ccc2c(c1C)NC(=O)C(C#N)C2. The Kier molecular flexibility index (Phi) is 2.20. The molecule has 1 amide bonds. The van der Waals surface area contributed by atoms with Crippen LogP contribution in [0, 0.1) is 31.1 Å². The summed E-state index contributed by atoms with van der Waals surface area (Å²) in [6, 6.07) is 6.03. The molecule has 1 heterocycles. The predicted molar refractivity (Wildman–Crippen MR) is 57.4 cm³/mol. The van der Waals surface area contributed by atoms with Crippen LogP contribution in [0.3, 0.4) is 0 Å². The molecular weight excluding hydrogens is 188 g/mol. The Hall–Kier alpha value is -1.82. The number of benzene rings is 1. The van der Waals surface area contributed by atoms with E-state index in [-0.39, 0.29) is 5.91 Å². The molecule has 0 aromatic heterocycles. The molecule has 1 unspecified atom stereocenters. The Labute approximate surface area is 88.7 Å². The molecule has 76 valence electrons. The van der Waals surface area contributed by atoms with Crippen LogP contribution in [0.1, 0.15) is 16.7 Å². The molecule has 2 rings (SSSR count). The highest BCUT2D eigenvalue weighted by molar-refractivity contribution is 5.98. The van der Waals surface area contributed by atoms with Gasteiger partial charge in [-0.3, -0.25) is 4.79 Å². The summed E-state index contributed by atoms with van der Waals surface area (Å²) < 4.78 is 0. The van der Waals surface area contributed by atoms with Gasteiger partial charge in [0.1, 0.15) is 5.92 Å². The fourth-order valence-electron chi connectivity index (χ4n) is 1.84. The van der Waals surface area contributed by atoms with Crippen molar-refractivity contribution in [1.82, 2.24) is 0 Å². The number of aryl methyl sites for hydroxylation is 1. The van der Waals surface area contributed by atoms with Gasteiger partial charge in [-0.25, -0.2) is 0 Å². The van der Waals surface area contributed by atoms with E-state index in [2.05, 4.69) is 5.32 Å². The molecule has 0 fully saturated rings. The van der Waals surface area contributed by atoms with E-state index in [1.54, 1.807) is 0 Å². The Bertz CT molecular complexity index is 471. The fraction of sp³-hybridized carbons (Fsp3) is 0.333. The van der Waals surface area contributed by atoms with Gasteiger partial charge in [0.25, 0.3) is 0 Å². The lowest BCUT2D eigenvalue weighted by Crippen LogP contribution is -2.29. The van der Waals surface area contributed by atoms with Crippen molar-refractivity contribution in [3.63, 3.8) is 0 Å². The van der Waals surface area contributed by atoms with E-state index in [1.165, 1.54) is 0 Å². The number of rotatable bonds is 0. The van der Waals surface area contributed by atoms with Gasteiger partial charge in [0.05, 0.1) is 6.07 Å².